The Morgan fingerprint density at radius 1 is 1.33 bits per heavy atom. The Kier molecular flexibility index (Phi) is 5.68. The van der Waals surface area contributed by atoms with Crippen LogP contribution < -0.4 is 25.9 Å². The molecule has 0 amide bonds. The second kappa shape index (κ2) is 6.82. The fourth-order valence-corrected chi connectivity index (χ4v) is 1.84. The molecular weight excluding hydrogens is 303 g/mol. The van der Waals surface area contributed by atoms with Crippen LogP contribution in [0.4, 0.5) is 0 Å². The van der Waals surface area contributed by atoms with Crippen molar-refractivity contribution in [1.29, 1.82) is 0 Å². The predicted molar refractivity (Wildman–Crippen MR) is 57.3 cm³/mol. The number of ketones is 1. The Morgan fingerprint density at radius 3 is 2.53 bits per heavy atom. The fraction of sp³-hybridized carbons (Fsp3) is 0.417. The van der Waals surface area contributed by atoms with Crippen molar-refractivity contribution in [3.8, 4) is 5.75 Å². The Hall–Kier alpha value is -0.580. The first-order chi connectivity index (χ1) is 7.27. The molecule has 1 rings (SSSR count). The zero-order chi connectivity index (χ0) is 11.1. The summed E-state index contributed by atoms with van der Waals surface area (Å²) in [5.41, 5.74) is 0.771. The molecule has 3 heteroatoms. The molecule has 0 unspecified atom stereocenters. The molecule has 0 saturated heterocycles. The number of benzene rings is 1. The van der Waals surface area contributed by atoms with Crippen LogP contribution in [-0.2, 0) is 0 Å². The summed E-state index contributed by atoms with van der Waals surface area (Å²) in [5, 5.41) is 0. The average molecular weight is 319 g/mol. The van der Waals surface area contributed by atoms with Crippen LogP contribution >= 0.6 is 0 Å². The first-order valence-corrected chi connectivity index (χ1v) is 8.66. The average Bonchev–Trinajstić information content (AvgIpc) is 2.29. The van der Waals surface area contributed by atoms with Crippen molar-refractivity contribution in [2.24, 2.45) is 0 Å². The third-order valence-corrected chi connectivity index (χ3v) is 3.55. The van der Waals surface area contributed by atoms with E-state index in [-0.39, 0.29) is 5.78 Å². The zero-order valence-corrected chi connectivity index (χ0v) is 11.3. The van der Waals surface area contributed by atoms with Gasteiger partial charge in [-0.1, -0.05) is 0 Å². The summed E-state index contributed by atoms with van der Waals surface area (Å²) in [4.78, 5) is 13.6. The van der Waals surface area contributed by atoms with Crippen LogP contribution in [0.25, 0.3) is 0 Å². The van der Waals surface area contributed by atoms with Crippen molar-refractivity contribution in [1.82, 2.24) is 0 Å². The van der Waals surface area contributed by atoms with Crippen LogP contribution in [0, 0.1) is 0 Å². The Bertz CT molecular complexity index is 306. The number of hydrogen-bond donors (Lipinski definition) is 0. The molecule has 0 atom stereocenters. The molecule has 0 aliphatic rings. The number of alkyl halides is 2. The van der Waals surface area contributed by atoms with Gasteiger partial charge >= 0.3 is 101 Å². The van der Waals surface area contributed by atoms with E-state index in [4.69, 9.17) is 4.74 Å². The van der Waals surface area contributed by atoms with Gasteiger partial charge in [0.05, 0.1) is 0 Å². The number of ether oxygens (including phenoxy) is 1. The normalized spacial score (nSPS) is 10.3. The number of carbonyl (C=O) groups is 1. The van der Waals surface area contributed by atoms with E-state index < -0.39 is 0 Å². The van der Waals surface area contributed by atoms with Gasteiger partial charge in [-0.05, 0) is 0 Å². The number of hydrogen-bond acceptors (Lipinski definition) is 2. The number of rotatable bonds is 6. The van der Waals surface area contributed by atoms with E-state index in [9.17, 15) is 4.79 Å². The van der Waals surface area contributed by atoms with Crippen LogP contribution in [0.2, 0.25) is 0 Å². The van der Waals surface area contributed by atoms with E-state index in [2.05, 4.69) is 4.93 Å². The second-order valence-corrected chi connectivity index (χ2v) is 5.71. The SMILES string of the molecule is CCC(=O)c1ccc(OCC[I-]C)cc1. The molecule has 0 aliphatic carbocycles. The van der Waals surface area contributed by atoms with Gasteiger partial charge in [-0.15, -0.1) is 0 Å². The summed E-state index contributed by atoms with van der Waals surface area (Å²) >= 11 is 0.310. The van der Waals surface area contributed by atoms with Crippen LogP contribution in [0.5, 0.6) is 5.75 Å². The summed E-state index contributed by atoms with van der Waals surface area (Å²) < 4.78 is 6.71. The van der Waals surface area contributed by atoms with Gasteiger partial charge in [0.15, 0.2) is 0 Å². The van der Waals surface area contributed by atoms with Crippen molar-refractivity contribution in [3.05, 3.63) is 29.8 Å². The molecule has 0 radical (unpaired) electrons. The number of carbonyl (C=O) groups excluding carboxylic acids is 1. The van der Waals surface area contributed by atoms with E-state index >= 15 is 0 Å². The third-order valence-electron chi connectivity index (χ3n) is 2.03. The van der Waals surface area contributed by atoms with Crippen LogP contribution in [0.3, 0.4) is 0 Å². The molecule has 0 aromatic heterocycles. The minimum atomic E-state index is 0.181. The van der Waals surface area contributed by atoms with Gasteiger partial charge in [0, 0.05) is 0 Å². The second-order valence-electron chi connectivity index (χ2n) is 3.11. The standard InChI is InChI=1S/C12H16IO2/c1-3-12(14)10-4-6-11(7-5-10)15-9-8-13-2/h4-7H,3,8-9H2,1-2H3/q-1. The van der Waals surface area contributed by atoms with E-state index in [0.717, 1.165) is 17.9 Å². The topological polar surface area (TPSA) is 26.3 Å². The molecule has 1 aromatic rings. The van der Waals surface area contributed by atoms with Gasteiger partial charge in [-0.2, -0.15) is 0 Å². The van der Waals surface area contributed by atoms with Gasteiger partial charge in [-0.25, -0.2) is 0 Å². The van der Waals surface area contributed by atoms with Crippen LogP contribution in [0.15, 0.2) is 24.3 Å². The minimum absolute atomic E-state index is 0.181. The summed E-state index contributed by atoms with van der Waals surface area (Å²) in [5.74, 6) is 1.04. The molecule has 15 heavy (non-hydrogen) atoms. The summed E-state index contributed by atoms with van der Waals surface area (Å²) in [6, 6.07) is 7.41. The van der Waals surface area contributed by atoms with Crippen molar-refractivity contribution < 1.29 is 30.7 Å². The summed E-state index contributed by atoms with van der Waals surface area (Å²) in [6.07, 6.45) is 0.556. The van der Waals surface area contributed by atoms with E-state index in [1.165, 1.54) is 4.43 Å². The van der Waals surface area contributed by atoms with Crippen molar-refractivity contribution in [3.63, 3.8) is 0 Å². The monoisotopic (exact) mass is 319 g/mol. The zero-order valence-electron chi connectivity index (χ0n) is 9.13. The fourth-order valence-electron chi connectivity index (χ4n) is 1.17. The molecule has 0 spiro atoms. The molecule has 0 bridgehead atoms. The van der Waals surface area contributed by atoms with E-state index in [1.807, 2.05) is 31.2 Å². The predicted octanol–water partition coefficient (Wildman–Crippen LogP) is -0.623. The Labute approximate surface area is 101 Å². The molecule has 1 aromatic carbocycles. The van der Waals surface area contributed by atoms with Gasteiger partial charge in [-0.3, -0.25) is 0 Å². The number of Topliss-reactive ketones (excluding diaryl/α,β-unsaturated/α-hetero) is 1. The van der Waals surface area contributed by atoms with Gasteiger partial charge < -0.3 is 0 Å². The summed E-state index contributed by atoms with van der Waals surface area (Å²) in [6.45, 7) is 2.67. The summed E-state index contributed by atoms with van der Waals surface area (Å²) in [7, 11) is 0. The first kappa shape index (κ1) is 12.5. The molecule has 2 nitrogen and oxygen atoms in total. The molecule has 0 saturated carbocycles. The quantitative estimate of drug-likeness (QED) is 0.302. The maximum absolute atomic E-state index is 11.3. The third kappa shape index (κ3) is 4.20. The van der Waals surface area contributed by atoms with Crippen molar-refractivity contribution in [2.75, 3.05) is 16.0 Å². The van der Waals surface area contributed by atoms with Crippen molar-refractivity contribution in [2.45, 2.75) is 13.3 Å². The van der Waals surface area contributed by atoms with Crippen LogP contribution in [-0.4, -0.2) is 21.7 Å². The molecule has 84 valence electrons. The van der Waals surface area contributed by atoms with Crippen LogP contribution in [0.1, 0.15) is 23.7 Å². The van der Waals surface area contributed by atoms with Gasteiger partial charge in [0.2, 0.25) is 0 Å². The van der Waals surface area contributed by atoms with Gasteiger partial charge in [0.25, 0.3) is 0 Å². The molecule has 0 fully saturated rings. The molecule has 0 aliphatic heterocycles. The van der Waals surface area contributed by atoms with E-state index in [1.54, 1.807) is 0 Å². The van der Waals surface area contributed by atoms with Crippen molar-refractivity contribution >= 4 is 5.78 Å². The maximum atomic E-state index is 11.3. The Balaban J connectivity index is 2.52. The first-order valence-electron chi connectivity index (χ1n) is 4.97. The Morgan fingerprint density at radius 2 is 2.00 bits per heavy atom. The van der Waals surface area contributed by atoms with Gasteiger partial charge in [0.1, 0.15) is 0 Å². The molecule has 0 heterocycles. The molecular formula is C12H16IO2-. The number of halogens is 1. The van der Waals surface area contributed by atoms with E-state index in [0.29, 0.717) is 27.6 Å². The molecule has 0 N–H and O–H groups in total.